The third-order valence-electron chi connectivity index (χ3n) is 5.06. The Labute approximate surface area is 168 Å². The first-order chi connectivity index (χ1) is 13.8. The molecule has 28 heavy (non-hydrogen) atoms. The first-order valence-corrected chi connectivity index (χ1v) is 10.3. The molecule has 2 nitrogen and oxygen atoms in total. The summed E-state index contributed by atoms with van der Waals surface area (Å²) in [4.78, 5) is 6.25. The molecule has 5 aromatic rings. The van der Waals surface area contributed by atoms with Crippen molar-refractivity contribution in [1.29, 1.82) is 0 Å². The average Bonchev–Trinajstić information content (AvgIpc) is 3.39. The molecule has 0 unspecified atom stereocenters. The molecule has 0 aliphatic carbocycles. The number of rotatable bonds is 4. The molecule has 0 bridgehead atoms. The molecule has 0 fully saturated rings. The lowest BCUT2D eigenvalue weighted by molar-refractivity contribution is 0.834. The summed E-state index contributed by atoms with van der Waals surface area (Å²) in [6.07, 6.45) is 0. The van der Waals surface area contributed by atoms with E-state index in [9.17, 15) is 0 Å². The van der Waals surface area contributed by atoms with Crippen molar-refractivity contribution in [2.45, 2.75) is 13.5 Å². The van der Waals surface area contributed by atoms with Crippen molar-refractivity contribution < 1.29 is 0 Å². The minimum Gasteiger partial charge on any atom is -0.319 e. The Morgan fingerprint density at radius 1 is 0.786 bits per heavy atom. The van der Waals surface area contributed by atoms with E-state index in [1.165, 1.54) is 27.1 Å². The summed E-state index contributed by atoms with van der Waals surface area (Å²) in [5.74, 6) is 1.01. The van der Waals surface area contributed by atoms with Crippen LogP contribution in [-0.2, 0) is 6.54 Å². The van der Waals surface area contributed by atoms with Crippen LogP contribution in [0.1, 0.15) is 11.1 Å². The molecule has 0 aliphatic rings. The van der Waals surface area contributed by atoms with E-state index in [2.05, 4.69) is 102 Å². The molecule has 0 radical (unpaired) electrons. The number of thiophene rings is 1. The van der Waals surface area contributed by atoms with Gasteiger partial charge in [-0.2, -0.15) is 0 Å². The van der Waals surface area contributed by atoms with Crippen LogP contribution in [0.25, 0.3) is 32.9 Å². The number of hydrogen-bond acceptors (Lipinski definition) is 2. The van der Waals surface area contributed by atoms with Crippen molar-refractivity contribution in [3.05, 3.63) is 101 Å². The predicted molar refractivity (Wildman–Crippen MR) is 119 cm³/mol. The number of benzene rings is 3. The van der Waals surface area contributed by atoms with Crippen LogP contribution >= 0.6 is 11.3 Å². The second kappa shape index (κ2) is 7.10. The topological polar surface area (TPSA) is 17.8 Å². The number of fused-ring (bicyclic) bond motifs is 1. The smallest absolute Gasteiger partial charge is 0.141 e. The molecular weight excluding hydrogens is 360 g/mol. The molecule has 0 aliphatic heterocycles. The Bertz CT molecular complexity index is 1210. The zero-order valence-corrected chi connectivity index (χ0v) is 16.5. The van der Waals surface area contributed by atoms with E-state index in [0.717, 1.165) is 23.4 Å². The van der Waals surface area contributed by atoms with Gasteiger partial charge in [-0.1, -0.05) is 72.3 Å². The first kappa shape index (κ1) is 17.0. The Morgan fingerprint density at radius 2 is 1.54 bits per heavy atom. The highest BCUT2D eigenvalue weighted by Gasteiger charge is 2.13. The molecule has 2 aromatic heterocycles. The number of para-hydroxylation sites is 2. The van der Waals surface area contributed by atoms with Crippen molar-refractivity contribution in [3.8, 4) is 21.8 Å². The quantitative estimate of drug-likeness (QED) is 0.336. The lowest BCUT2D eigenvalue weighted by atomic mass is 10.1. The van der Waals surface area contributed by atoms with E-state index in [4.69, 9.17) is 4.98 Å². The normalized spacial score (nSPS) is 11.2. The number of aryl methyl sites for hydroxylation is 1. The zero-order valence-electron chi connectivity index (χ0n) is 15.7. The van der Waals surface area contributed by atoms with Gasteiger partial charge in [-0.25, -0.2) is 4.98 Å². The summed E-state index contributed by atoms with van der Waals surface area (Å²) in [5, 5.41) is 2.12. The Hall–Kier alpha value is -3.17. The van der Waals surface area contributed by atoms with Gasteiger partial charge < -0.3 is 4.57 Å². The van der Waals surface area contributed by atoms with Gasteiger partial charge in [0.2, 0.25) is 0 Å². The maximum Gasteiger partial charge on any atom is 0.141 e. The molecule has 0 N–H and O–H groups in total. The third kappa shape index (κ3) is 3.14. The van der Waals surface area contributed by atoms with E-state index in [1.54, 1.807) is 11.3 Å². The van der Waals surface area contributed by atoms with Crippen LogP contribution in [0.4, 0.5) is 0 Å². The van der Waals surface area contributed by atoms with Gasteiger partial charge in [0, 0.05) is 17.0 Å². The predicted octanol–water partition coefficient (Wildman–Crippen LogP) is 6.79. The van der Waals surface area contributed by atoms with Gasteiger partial charge in [-0.05, 0) is 41.6 Å². The Morgan fingerprint density at radius 3 is 2.29 bits per heavy atom. The second-order valence-corrected chi connectivity index (χ2v) is 8.00. The van der Waals surface area contributed by atoms with Crippen molar-refractivity contribution in [1.82, 2.24) is 9.55 Å². The van der Waals surface area contributed by atoms with Crippen molar-refractivity contribution in [2.75, 3.05) is 0 Å². The van der Waals surface area contributed by atoms with Gasteiger partial charge in [0.25, 0.3) is 0 Å². The Kier molecular flexibility index (Phi) is 4.30. The van der Waals surface area contributed by atoms with Crippen LogP contribution in [-0.4, -0.2) is 9.55 Å². The van der Waals surface area contributed by atoms with Gasteiger partial charge in [0.05, 0.1) is 11.0 Å². The number of nitrogens with zero attached hydrogens (tertiary/aromatic N) is 2. The molecule has 3 aromatic carbocycles. The van der Waals surface area contributed by atoms with E-state index >= 15 is 0 Å². The van der Waals surface area contributed by atoms with Gasteiger partial charge in [0.1, 0.15) is 5.82 Å². The lowest BCUT2D eigenvalue weighted by Crippen LogP contribution is -2.02. The van der Waals surface area contributed by atoms with Crippen LogP contribution in [0, 0.1) is 6.92 Å². The van der Waals surface area contributed by atoms with E-state index in [1.807, 2.05) is 0 Å². The minimum atomic E-state index is 0.808. The molecular formula is C25H20N2S. The summed E-state index contributed by atoms with van der Waals surface area (Å²) < 4.78 is 2.32. The number of hydrogen-bond donors (Lipinski definition) is 0. The summed E-state index contributed by atoms with van der Waals surface area (Å²) in [6, 6.07) is 30.1. The van der Waals surface area contributed by atoms with Crippen LogP contribution in [0.5, 0.6) is 0 Å². The van der Waals surface area contributed by atoms with Crippen LogP contribution in [0.15, 0.2) is 90.3 Å². The monoisotopic (exact) mass is 380 g/mol. The van der Waals surface area contributed by atoms with Gasteiger partial charge in [-0.3, -0.25) is 0 Å². The van der Waals surface area contributed by atoms with E-state index in [0.29, 0.717) is 0 Å². The molecule has 0 atom stereocenters. The molecule has 0 spiro atoms. The second-order valence-electron chi connectivity index (χ2n) is 7.05. The molecule has 0 saturated carbocycles. The number of imidazole rings is 1. The maximum atomic E-state index is 4.95. The Balaban J connectivity index is 1.59. The molecule has 2 heterocycles. The summed E-state index contributed by atoms with van der Waals surface area (Å²) >= 11 is 1.77. The molecule has 136 valence electrons. The third-order valence-corrected chi connectivity index (χ3v) is 5.98. The highest BCUT2D eigenvalue weighted by Crippen LogP contribution is 2.30. The van der Waals surface area contributed by atoms with Gasteiger partial charge in [0.15, 0.2) is 0 Å². The van der Waals surface area contributed by atoms with Crippen LogP contribution in [0.2, 0.25) is 0 Å². The molecule has 5 rings (SSSR count). The summed E-state index contributed by atoms with van der Waals surface area (Å²) in [5.41, 5.74) is 7.16. The van der Waals surface area contributed by atoms with E-state index < -0.39 is 0 Å². The maximum absolute atomic E-state index is 4.95. The molecule has 0 saturated heterocycles. The largest absolute Gasteiger partial charge is 0.319 e. The fourth-order valence-corrected chi connectivity index (χ4v) is 4.29. The highest BCUT2D eigenvalue weighted by atomic mass is 32.1. The van der Waals surface area contributed by atoms with Crippen molar-refractivity contribution >= 4 is 22.4 Å². The fourth-order valence-electron chi connectivity index (χ4n) is 3.56. The standard InChI is InChI=1S/C25H20N2S/c1-18-8-10-19(11-9-18)17-27-23-6-3-2-5-22(23)26-25(27)21-14-12-20(13-15-21)24-7-4-16-28-24/h2-16H,17H2,1H3. The summed E-state index contributed by atoms with van der Waals surface area (Å²) in [7, 11) is 0. The average molecular weight is 381 g/mol. The van der Waals surface area contributed by atoms with Crippen LogP contribution in [0.3, 0.4) is 0 Å². The highest BCUT2D eigenvalue weighted by molar-refractivity contribution is 7.13. The first-order valence-electron chi connectivity index (χ1n) is 9.43. The zero-order chi connectivity index (χ0) is 18.9. The van der Waals surface area contributed by atoms with Gasteiger partial charge in [-0.15, -0.1) is 11.3 Å². The SMILES string of the molecule is Cc1ccc(Cn2c(-c3ccc(-c4cccs4)cc3)nc3ccccc32)cc1. The number of aromatic nitrogens is 2. The summed E-state index contributed by atoms with van der Waals surface area (Å²) in [6.45, 7) is 2.93. The molecule has 3 heteroatoms. The fraction of sp³-hybridized carbons (Fsp3) is 0.0800. The van der Waals surface area contributed by atoms with Crippen LogP contribution < -0.4 is 0 Å². The lowest BCUT2D eigenvalue weighted by Gasteiger charge is -2.10. The van der Waals surface area contributed by atoms with Gasteiger partial charge >= 0.3 is 0 Å². The van der Waals surface area contributed by atoms with Crippen molar-refractivity contribution in [3.63, 3.8) is 0 Å². The molecule has 0 amide bonds. The minimum absolute atomic E-state index is 0.808. The van der Waals surface area contributed by atoms with Crippen molar-refractivity contribution in [2.24, 2.45) is 0 Å². The van der Waals surface area contributed by atoms with E-state index in [-0.39, 0.29) is 0 Å².